The summed E-state index contributed by atoms with van der Waals surface area (Å²) in [5.41, 5.74) is 3.97. The van der Waals surface area contributed by atoms with Crippen LogP contribution in [0.15, 0.2) is 84.9 Å². The number of nitrogens with zero attached hydrogens (tertiary/aromatic N) is 2. The molecule has 0 spiro atoms. The number of aromatic amines is 1. The molecule has 2 aliphatic rings. The third-order valence-electron chi connectivity index (χ3n) is 8.94. The highest BCUT2D eigenvalue weighted by Gasteiger charge is 2.60. The van der Waals surface area contributed by atoms with Crippen LogP contribution >= 0.6 is 0 Å². The van der Waals surface area contributed by atoms with Crippen LogP contribution in [0.3, 0.4) is 0 Å². The molecule has 2 N–H and O–H groups in total. The van der Waals surface area contributed by atoms with Gasteiger partial charge in [-0.3, -0.25) is 9.59 Å². The molecule has 0 bridgehead atoms. The van der Waals surface area contributed by atoms with Crippen LogP contribution in [-0.4, -0.2) is 51.8 Å². The predicted molar refractivity (Wildman–Crippen MR) is 164 cm³/mol. The fraction of sp³-hybridized carbons (Fsp3) is 0.343. The van der Waals surface area contributed by atoms with Gasteiger partial charge in [-0.2, -0.15) is 0 Å². The van der Waals surface area contributed by atoms with E-state index in [0.29, 0.717) is 32.4 Å². The first kappa shape index (κ1) is 27.8. The number of H-pyrrole nitrogens is 1. The highest BCUT2D eigenvalue weighted by molar-refractivity contribution is 6.11. The molecule has 1 fully saturated rings. The van der Waals surface area contributed by atoms with Crippen molar-refractivity contribution in [1.29, 1.82) is 0 Å². The smallest absolute Gasteiger partial charge is 0.328 e. The Balaban J connectivity index is 1.25. The predicted octanol–water partition coefficient (Wildman–Crippen LogP) is 5.96. The molecule has 4 amide bonds. The van der Waals surface area contributed by atoms with E-state index >= 15 is 0 Å². The van der Waals surface area contributed by atoms with Gasteiger partial charge < -0.3 is 15.2 Å². The van der Waals surface area contributed by atoms with Gasteiger partial charge in [0.25, 0.3) is 5.91 Å². The molecule has 2 unspecified atom stereocenters. The number of para-hydroxylation sites is 1. The number of aromatic nitrogens is 1. The van der Waals surface area contributed by atoms with Crippen LogP contribution in [0.2, 0.25) is 0 Å². The molecule has 42 heavy (non-hydrogen) atoms. The second-order valence-electron chi connectivity index (χ2n) is 12.1. The monoisotopic (exact) mass is 562 g/mol. The Morgan fingerprint density at radius 2 is 1.55 bits per heavy atom. The molecule has 2 atom stereocenters. The molecule has 3 heterocycles. The van der Waals surface area contributed by atoms with Gasteiger partial charge in [-0.25, -0.2) is 9.69 Å². The van der Waals surface area contributed by atoms with Crippen LogP contribution in [0.1, 0.15) is 61.9 Å². The standard InChI is InChI=1S/C35H38N4O3/c1-23(2)22-30(32(40)36-20-18-26(24-12-6-4-7-13-24)25-14-8-5-9-15-25)39-33(41)35(3)31-28(19-21-38(35)34(39)42)27-16-10-11-17-29(27)37-31/h4-17,23,26,30,37H,18-22H2,1-3H3,(H,36,40). The minimum Gasteiger partial charge on any atom is -0.356 e. The molecule has 6 rings (SSSR count). The Kier molecular flexibility index (Phi) is 7.35. The zero-order chi connectivity index (χ0) is 29.4. The van der Waals surface area contributed by atoms with Gasteiger partial charge in [0, 0.05) is 29.9 Å². The van der Waals surface area contributed by atoms with Gasteiger partial charge >= 0.3 is 6.03 Å². The van der Waals surface area contributed by atoms with Crippen molar-refractivity contribution in [3.63, 3.8) is 0 Å². The molecule has 3 aromatic carbocycles. The minimum atomic E-state index is -1.18. The van der Waals surface area contributed by atoms with Gasteiger partial charge in [-0.15, -0.1) is 0 Å². The van der Waals surface area contributed by atoms with Crippen molar-refractivity contribution < 1.29 is 14.4 Å². The summed E-state index contributed by atoms with van der Waals surface area (Å²) < 4.78 is 0. The summed E-state index contributed by atoms with van der Waals surface area (Å²) in [6, 6.07) is 27.3. The summed E-state index contributed by atoms with van der Waals surface area (Å²) in [6.07, 6.45) is 1.75. The molecule has 7 heteroatoms. The van der Waals surface area contributed by atoms with E-state index in [-0.39, 0.29) is 29.7 Å². The first-order valence-electron chi connectivity index (χ1n) is 14.9. The summed E-state index contributed by atoms with van der Waals surface area (Å²) in [4.78, 5) is 48.3. The molecule has 4 aromatic rings. The second-order valence-corrected chi connectivity index (χ2v) is 12.1. The maximum atomic E-state index is 14.3. The van der Waals surface area contributed by atoms with Gasteiger partial charge in [0.1, 0.15) is 6.04 Å². The van der Waals surface area contributed by atoms with Crippen molar-refractivity contribution in [2.45, 2.75) is 57.5 Å². The van der Waals surface area contributed by atoms with E-state index in [1.54, 1.807) is 4.90 Å². The highest BCUT2D eigenvalue weighted by atomic mass is 16.2. The van der Waals surface area contributed by atoms with Crippen LogP contribution < -0.4 is 5.32 Å². The first-order valence-corrected chi connectivity index (χ1v) is 14.9. The number of hydrogen-bond donors (Lipinski definition) is 2. The third-order valence-corrected chi connectivity index (χ3v) is 8.94. The van der Waals surface area contributed by atoms with E-state index in [2.05, 4.69) is 40.6 Å². The number of carbonyl (C=O) groups excluding carboxylic acids is 3. The molecule has 216 valence electrons. The zero-order valence-electron chi connectivity index (χ0n) is 24.5. The lowest BCUT2D eigenvalue weighted by atomic mass is 9.86. The van der Waals surface area contributed by atoms with Crippen molar-refractivity contribution in [2.24, 2.45) is 5.92 Å². The number of nitrogens with one attached hydrogen (secondary N) is 2. The lowest BCUT2D eigenvalue weighted by Gasteiger charge is -2.36. The Morgan fingerprint density at radius 3 is 2.19 bits per heavy atom. The van der Waals surface area contributed by atoms with E-state index in [1.807, 2.05) is 75.4 Å². The van der Waals surface area contributed by atoms with E-state index in [1.165, 1.54) is 16.0 Å². The van der Waals surface area contributed by atoms with Crippen LogP contribution in [0.5, 0.6) is 0 Å². The molecule has 0 saturated carbocycles. The number of fused-ring (bicyclic) bond motifs is 5. The minimum absolute atomic E-state index is 0.108. The molecular weight excluding hydrogens is 524 g/mol. The van der Waals surface area contributed by atoms with E-state index in [0.717, 1.165) is 22.2 Å². The van der Waals surface area contributed by atoms with Gasteiger partial charge in [0.15, 0.2) is 5.54 Å². The normalized spacial score (nSPS) is 19.0. The fourth-order valence-electron chi connectivity index (χ4n) is 6.82. The van der Waals surface area contributed by atoms with Crippen LogP contribution in [0.25, 0.3) is 10.9 Å². The topological polar surface area (TPSA) is 85.5 Å². The molecule has 0 radical (unpaired) electrons. The number of hydrogen-bond acceptors (Lipinski definition) is 3. The average Bonchev–Trinajstić information content (AvgIpc) is 3.48. The summed E-state index contributed by atoms with van der Waals surface area (Å²) >= 11 is 0. The molecule has 0 aliphatic carbocycles. The van der Waals surface area contributed by atoms with Crippen LogP contribution in [0.4, 0.5) is 4.79 Å². The Bertz CT molecular complexity index is 1570. The van der Waals surface area contributed by atoms with E-state index in [4.69, 9.17) is 0 Å². The lowest BCUT2D eigenvalue weighted by molar-refractivity contribution is -0.140. The largest absolute Gasteiger partial charge is 0.356 e. The molecule has 2 aliphatic heterocycles. The molecule has 1 aromatic heterocycles. The van der Waals surface area contributed by atoms with Gasteiger partial charge in [-0.05, 0) is 54.9 Å². The van der Waals surface area contributed by atoms with Crippen LogP contribution in [0, 0.1) is 5.92 Å². The Morgan fingerprint density at radius 1 is 0.929 bits per heavy atom. The first-order chi connectivity index (χ1) is 20.3. The van der Waals surface area contributed by atoms with Crippen molar-refractivity contribution in [2.75, 3.05) is 13.1 Å². The summed E-state index contributed by atoms with van der Waals surface area (Å²) in [5, 5.41) is 4.18. The van der Waals surface area contributed by atoms with Crippen molar-refractivity contribution in [1.82, 2.24) is 20.1 Å². The average molecular weight is 563 g/mol. The quantitative estimate of drug-likeness (QED) is 0.247. The summed E-state index contributed by atoms with van der Waals surface area (Å²) in [5.74, 6) is -0.408. The van der Waals surface area contributed by atoms with Gasteiger partial charge in [0.2, 0.25) is 5.91 Å². The fourth-order valence-corrected chi connectivity index (χ4v) is 6.82. The molecule has 1 saturated heterocycles. The number of urea groups is 1. The summed E-state index contributed by atoms with van der Waals surface area (Å²) in [6.45, 7) is 6.69. The number of amides is 4. The summed E-state index contributed by atoms with van der Waals surface area (Å²) in [7, 11) is 0. The van der Waals surface area contributed by atoms with E-state index in [9.17, 15) is 14.4 Å². The second kappa shape index (κ2) is 11.1. The maximum absolute atomic E-state index is 14.3. The van der Waals surface area contributed by atoms with Gasteiger partial charge in [0.05, 0.1) is 5.69 Å². The van der Waals surface area contributed by atoms with Crippen molar-refractivity contribution in [3.05, 3.63) is 107 Å². The number of carbonyl (C=O) groups is 3. The van der Waals surface area contributed by atoms with Crippen LogP contribution in [-0.2, 0) is 21.5 Å². The number of imide groups is 1. The number of rotatable bonds is 9. The van der Waals surface area contributed by atoms with Crippen molar-refractivity contribution >= 4 is 28.7 Å². The zero-order valence-corrected chi connectivity index (χ0v) is 24.5. The Labute approximate surface area is 246 Å². The SMILES string of the molecule is CC(C)CC(C(=O)NCCC(c1ccccc1)c1ccccc1)N1C(=O)N2CCc3c([nH]c4ccccc34)C2(C)C1=O. The Hall–Kier alpha value is -4.39. The number of benzene rings is 3. The van der Waals surface area contributed by atoms with Crippen molar-refractivity contribution in [3.8, 4) is 0 Å². The highest BCUT2D eigenvalue weighted by Crippen LogP contribution is 2.45. The maximum Gasteiger partial charge on any atom is 0.328 e. The molecule has 7 nitrogen and oxygen atoms in total. The van der Waals surface area contributed by atoms with E-state index < -0.39 is 11.6 Å². The third kappa shape index (κ3) is 4.67. The lowest BCUT2D eigenvalue weighted by Crippen LogP contribution is -2.51. The van der Waals surface area contributed by atoms with Gasteiger partial charge in [-0.1, -0.05) is 92.7 Å². The molecular formula is C35H38N4O3.